The van der Waals surface area contributed by atoms with Crippen molar-refractivity contribution in [1.82, 2.24) is 0 Å². The Bertz CT molecular complexity index is 743. The van der Waals surface area contributed by atoms with Gasteiger partial charge in [0.15, 0.2) is 5.60 Å². The fourth-order valence-corrected chi connectivity index (χ4v) is 3.16. The zero-order valence-corrected chi connectivity index (χ0v) is 14.6. The number of ether oxygens (including phenoxy) is 1. The van der Waals surface area contributed by atoms with Crippen LogP contribution < -0.4 is 9.64 Å². The first-order valence-electron chi connectivity index (χ1n) is 7.42. The molecule has 0 bridgehead atoms. The third kappa shape index (κ3) is 3.24. The maximum absolute atomic E-state index is 13.0. The highest BCUT2D eigenvalue weighted by Crippen LogP contribution is 2.33. The van der Waals surface area contributed by atoms with Crippen LogP contribution in [-0.4, -0.2) is 18.1 Å². The second-order valence-corrected chi connectivity index (χ2v) is 6.96. The molecule has 5 heteroatoms. The predicted molar refractivity (Wildman–Crippen MR) is 91.3 cm³/mol. The van der Waals surface area contributed by atoms with Crippen molar-refractivity contribution in [3.05, 3.63) is 58.3 Å². The Morgan fingerprint density at radius 1 is 1.22 bits per heavy atom. The van der Waals surface area contributed by atoms with Crippen LogP contribution in [0.3, 0.4) is 0 Å². The van der Waals surface area contributed by atoms with Crippen molar-refractivity contribution in [2.24, 2.45) is 0 Å². The van der Waals surface area contributed by atoms with Crippen LogP contribution in [0, 0.1) is 5.82 Å². The van der Waals surface area contributed by atoms with Gasteiger partial charge in [-0.1, -0.05) is 15.9 Å². The standard InChI is InChI=1S/C18H17BrFNO2/c1-18(2,23-15-6-4-14(20)5-7-15)17(22)21-10-9-12-11-13(19)3-8-16(12)21/h3-8,11H,9-10H2,1-2H3. The Balaban J connectivity index is 1.81. The summed E-state index contributed by atoms with van der Waals surface area (Å²) < 4.78 is 19.8. The second kappa shape index (κ2) is 5.96. The van der Waals surface area contributed by atoms with Gasteiger partial charge in [0.05, 0.1) is 0 Å². The van der Waals surface area contributed by atoms with Crippen molar-refractivity contribution in [3.8, 4) is 5.75 Å². The lowest BCUT2D eigenvalue weighted by Gasteiger charge is -2.30. The number of hydrogen-bond donors (Lipinski definition) is 0. The molecule has 3 rings (SSSR count). The van der Waals surface area contributed by atoms with Crippen molar-refractivity contribution >= 4 is 27.5 Å². The van der Waals surface area contributed by atoms with Gasteiger partial charge in [-0.05, 0) is 68.3 Å². The lowest BCUT2D eigenvalue weighted by molar-refractivity contribution is -0.131. The minimum absolute atomic E-state index is 0.108. The number of carbonyl (C=O) groups excluding carboxylic acids is 1. The van der Waals surface area contributed by atoms with Crippen molar-refractivity contribution in [3.63, 3.8) is 0 Å². The van der Waals surface area contributed by atoms with Crippen LogP contribution in [0.2, 0.25) is 0 Å². The molecule has 120 valence electrons. The Kier molecular flexibility index (Phi) is 4.15. The highest BCUT2D eigenvalue weighted by Gasteiger charge is 2.37. The first-order chi connectivity index (χ1) is 10.9. The number of hydrogen-bond acceptors (Lipinski definition) is 2. The zero-order chi connectivity index (χ0) is 16.6. The highest BCUT2D eigenvalue weighted by atomic mass is 79.9. The van der Waals surface area contributed by atoms with Crippen molar-refractivity contribution in [2.45, 2.75) is 25.9 Å². The van der Waals surface area contributed by atoms with Crippen LogP contribution in [0.15, 0.2) is 46.9 Å². The van der Waals surface area contributed by atoms with Gasteiger partial charge in [0.1, 0.15) is 11.6 Å². The van der Waals surface area contributed by atoms with E-state index < -0.39 is 5.60 Å². The van der Waals surface area contributed by atoms with Gasteiger partial charge in [-0.15, -0.1) is 0 Å². The van der Waals surface area contributed by atoms with Crippen molar-refractivity contribution in [2.75, 3.05) is 11.4 Å². The lowest BCUT2D eigenvalue weighted by atomic mass is 10.1. The predicted octanol–water partition coefficient (Wildman–Crippen LogP) is 4.33. The molecule has 1 aliphatic rings. The number of amides is 1. The minimum atomic E-state index is -1.04. The van der Waals surface area contributed by atoms with E-state index in [1.54, 1.807) is 18.7 Å². The van der Waals surface area contributed by atoms with Gasteiger partial charge in [-0.2, -0.15) is 0 Å². The molecule has 1 aliphatic heterocycles. The SMILES string of the molecule is CC(C)(Oc1ccc(F)cc1)C(=O)N1CCc2cc(Br)ccc21. The molecule has 1 heterocycles. The molecule has 2 aromatic carbocycles. The molecule has 0 atom stereocenters. The monoisotopic (exact) mass is 377 g/mol. The number of nitrogens with zero attached hydrogens (tertiary/aromatic N) is 1. The summed E-state index contributed by atoms with van der Waals surface area (Å²) >= 11 is 3.45. The molecule has 0 aromatic heterocycles. The molecule has 0 saturated heterocycles. The maximum atomic E-state index is 13.0. The Morgan fingerprint density at radius 3 is 2.61 bits per heavy atom. The quantitative estimate of drug-likeness (QED) is 0.796. The van der Waals surface area contributed by atoms with Crippen LogP contribution in [0.4, 0.5) is 10.1 Å². The Labute approximate surface area is 143 Å². The van der Waals surface area contributed by atoms with Gasteiger partial charge in [0, 0.05) is 16.7 Å². The molecular formula is C18H17BrFNO2. The molecule has 0 fully saturated rings. The molecule has 0 unspecified atom stereocenters. The molecule has 23 heavy (non-hydrogen) atoms. The van der Waals surface area contributed by atoms with E-state index in [4.69, 9.17) is 4.74 Å². The molecule has 2 aromatic rings. The largest absolute Gasteiger partial charge is 0.478 e. The van der Waals surface area contributed by atoms with Crippen molar-refractivity contribution in [1.29, 1.82) is 0 Å². The van der Waals surface area contributed by atoms with Crippen LogP contribution in [-0.2, 0) is 11.2 Å². The summed E-state index contributed by atoms with van der Waals surface area (Å²) in [5.74, 6) is 0.0309. The molecule has 0 spiro atoms. The minimum Gasteiger partial charge on any atom is -0.478 e. The smallest absolute Gasteiger partial charge is 0.270 e. The van der Waals surface area contributed by atoms with Gasteiger partial charge in [-0.3, -0.25) is 4.79 Å². The molecule has 0 aliphatic carbocycles. The van der Waals surface area contributed by atoms with E-state index in [-0.39, 0.29) is 11.7 Å². The maximum Gasteiger partial charge on any atom is 0.270 e. The first-order valence-corrected chi connectivity index (χ1v) is 8.21. The number of rotatable bonds is 3. The first kappa shape index (κ1) is 16.0. The third-order valence-electron chi connectivity index (χ3n) is 3.88. The Hall–Kier alpha value is -1.88. The molecule has 0 radical (unpaired) electrons. The van der Waals surface area contributed by atoms with E-state index in [1.807, 2.05) is 18.2 Å². The van der Waals surface area contributed by atoms with E-state index in [0.717, 1.165) is 22.1 Å². The summed E-state index contributed by atoms with van der Waals surface area (Å²) in [7, 11) is 0. The normalized spacial score (nSPS) is 13.8. The zero-order valence-electron chi connectivity index (χ0n) is 13.0. The van der Waals surface area contributed by atoms with Crippen molar-refractivity contribution < 1.29 is 13.9 Å². The summed E-state index contributed by atoms with van der Waals surface area (Å²) in [4.78, 5) is 14.7. The average molecular weight is 378 g/mol. The van der Waals surface area contributed by atoms with Gasteiger partial charge in [0.25, 0.3) is 5.91 Å². The summed E-state index contributed by atoms with van der Waals surface area (Å²) in [5, 5.41) is 0. The van der Waals surface area contributed by atoms with E-state index in [9.17, 15) is 9.18 Å². The van der Waals surface area contributed by atoms with E-state index in [2.05, 4.69) is 15.9 Å². The number of benzene rings is 2. The van der Waals surface area contributed by atoms with Gasteiger partial charge in [0.2, 0.25) is 0 Å². The number of anilines is 1. The summed E-state index contributed by atoms with van der Waals surface area (Å²) in [6, 6.07) is 11.6. The van der Waals surface area contributed by atoms with Gasteiger partial charge < -0.3 is 9.64 Å². The molecule has 3 nitrogen and oxygen atoms in total. The number of fused-ring (bicyclic) bond motifs is 1. The highest BCUT2D eigenvalue weighted by molar-refractivity contribution is 9.10. The molecule has 0 N–H and O–H groups in total. The average Bonchev–Trinajstić information content (AvgIpc) is 2.91. The lowest BCUT2D eigenvalue weighted by Crippen LogP contribution is -2.48. The van der Waals surface area contributed by atoms with Crippen LogP contribution in [0.5, 0.6) is 5.75 Å². The second-order valence-electron chi connectivity index (χ2n) is 6.05. The molecule has 1 amide bonds. The molecule has 0 saturated carbocycles. The topological polar surface area (TPSA) is 29.5 Å². The van der Waals surface area contributed by atoms with Crippen LogP contribution >= 0.6 is 15.9 Å². The van der Waals surface area contributed by atoms with E-state index in [0.29, 0.717) is 12.3 Å². The summed E-state index contributed by atoms with van der Waals surface area (Å²) in [5.41, 5.74) is 1.03. The van der Waals surface area contributed by atoms with E-state index >= 15 is 0 Å². The summed E-state index contributed by atoms with van der Waals surface area (Å²) in [6.45, 7) is 4.10. The van der Waals surface area contributed by atoms with Crippen LogP contribution in [0.25, 0.3) is 0 Å². The number of halogens is 2. The Morgan fingerprint density at radius 2 is 1.91 bits per heavy atom. The summed E-state index contributed by atoms with van der Waals surface area (Å²) in [6.07, 6.45) is 0.827. The van der Waals surface area contributed by atoms with E-state index in [1.165, 1.54) is 24.3 Å². The molecular weight excluding hydrogens is 361 g/mol. The third-order valence-corrected chi connectivity index (χ3v) is 4.38. The fourth-order valence-electron chi connectivity index (χ4n) is 2.75. The van der Waals surface area contributed by atoms with Gasteiger partial charge in [-0.25, -0.2) is 4.39 Å². The number of carbonyl (C=O) groups is 1. The van der Waals surface area contributed by atoms with Gasteiger partial charge >= 0.3 is 0 Å². The fraction of sp³-hybridized carbons (Fsp3) is 0.278. The van der Waals surface area contributed by atoms with Crippen LogP contribution in [0.1, 0.15) is 19.4 Å².